The number of hydrogen-bond acceptors (Lipinski definition) is 4. The van der Waals surface area contributed by atoms with Crippen molar-refractivity contribution in [3.63, 3.8) is 0 Å². The second-order valence-corrected chi connectivity index (χ2v) is 8.68. The average molecular weight is 412 g/mol. The normalized spacial score (nSPS) is 15.4. The summed E-state index contributed by atoms with van der Waals surface area (Å²) in [6, 6.07) is 8.26. The third-order valence-electron chi connectivity index (χ3n) is 4.91. The van der Waals surface area contributed by atoms with Gasteiger partial charge in [-0.1, -0.05) is 17.7 Å². The number of aromatic nitrogens is 1. The summed E-state index contributed by atoms with van der Waals surface area (Å²) >= 11 is 0. The molecule has 1 aromatic carbocycles. The monoisotopic (exact) mass is 411 g/mol. The minimum absolute atomic E-state index is 0. The molecule has 0 bridgehead atoms. The minimum Gasteiger partial charge on any atom is -0.339 e. The van der Waals surface area contributed by atoms with Crippen LogP contribution < -0.4 is 5.32 Å². The predicted molar refractivity (Wildman–Crippen MR) is 108 cm³/mol. The third-order valence-corrected chi connectivity index (χ3v) is 6.56. The largest absolute Gasteiger partial charge is 0.339 e. The Morgan fingerprint density at radius 3 is 2.37 bits per heavy atom. The fourth-order valence-corrected chi connectivity index (χ4v) is 4.49. The van der Waals surface area contributed by atoms with Crippen LogP contribution >= 0.6 is 12.4 Å². The van der Waals surface area contributed by atoms with E-state index in [1.807, 2.05) is 18.9 Å². The van der Waals surface area contributed by atoms with Crippen LogP contribution in [0.5, 0.6) is 0 Å². The van der Waals surface area contributed by atoms with Gasteiger partial charge in [0.05, 0.1) is 10.5 Å². The number of amides is 1. The number of aryl methyl sites for hydroxylation is 1. The van der Waals surface area contributed by atoms with Crippen molar-refractivity contribution >= 4 is 28.3 Å². The molecule has 148 valence electrons. The Balaban J connectivity index is 0.00000261. The van der Waals surface area contributed by atoms with Crippen LogP contribution in [0.15, 0.2) is 47.6 Å². The molecule has 0 aliphatic carbocycles. The van der Waals surface area contributed by atoms with Crippen LogP contribution in [0.4, 0.5) is 0 Å². The van der Waals surface area contributed by atoms with Crippen LogP contribution in [0.1, 0.15) is 28.8 Å². The summed E-state index contributed by atoms with van der Waals surface area (Å²) < 4.78 is 26.5. The summed E-state index contributed by atoms with van der Waals surface area (Å²) in [5, 5.41) is 3.18. The number of likely N-dealkylation sites (tertiary alicyclic amines) is 1. The molecule has 0 unspecified atom stereocenters. The number of rotatable bonds is 5. The van der Waals surface area contributed by atoms with Crippen molar-refractivity contribution in [1.29, 1.82) is 0 Å². The van der Waals surface area contributed by atoms with Gasteiger partial charge >= 0.3 is 0 Å². The van der Waals surface area contributed by atoms with Gasteiger partial charge in [0, 0.05) is 25.5 Å². The lowest BCUT2D eigenvalue weighted by Gasteiger charge is -2.31. The lowest BCUT2D eigenvalue weighted by atomic mass is 9.96. The number of carbonyl (C=O) groups is 1. The maximum atomic E-state index is 12.7. The van der Waals surface area contributed by atoms with Gasteiger partial charge in [-0.25, -0.2) is 12.4 Å². The molecule has 1 amide bonds. The van der Waals surface area contributed by atoms with Gasteiger partial charge in [0.1, 0.15) is 0 Å². The lowest BCUT2D eigenvalue weighted by Crippen LogP contribution is -2.40. The highest BCUT2D eigenvalue weighted by molar-refractivity contribution is 7.90. The molecule has 0 saturated carbocycles. The summed E-state index contributed by atoms with van der Waals surface area (Å²) in [6.07, 6.45) is 4.79. The van der Waals surface area contributed by atoms with Gasteiger partial charge in [-0.15, -0.1) is 12.4 Å². The second kappa shape index (κ2) is 8.91. The van der Waals surface area contributed by atoms with Gasteiger partial charge in [0.15, 0.2) is 0 Å². The van der Waals surface area contributed by atoms with E-state index in [2.05, 4.69) is 5.32 Å². The van der Waals surface area contributed by atoms with Crippen LogP contribution in [0, 0.1) is 12.8 Å². The van der Waals surface area contributed by atoms with Crippen molar-refractivity contribution in [2.45, 2.75) is 24.7 Å². The standard InChI is InChI=1S/C19H25N3O3S.ClH/c1-15-3-5-18(6-4-15)26(24,25)22-12-9-17(14-22)19(23)21-10-7-16(8-11-21)13-20-2;/h3-6,9,12,14,16,20H,7-8,10-11,13H2,1-2H3;1H. The third kappa shape index (κ3) is 4.72. The van der Waals surface area contributed by atoms with Crippen molar-refractivity contribution in [3.05, 3.63) is 53.9 Å². The average Bonchev–Trinajstić information content (AvgIpc) is 3.13. The summed E-state index contributed by atoms with van der Waals surface area (Å²) in [5.41, 5.74) is 1.40. The molecule has 1 aromatic heterocycles. The highest BCUT2D eigenvalue weighted by Crippen LogP contribution is 2.20. The van der Waals surface area contributed by atoms with Crippen molar-refractivity contribution in [2.75, 3.05) is 26.7 Å². The molecular formula is C19H26ClN3O3S. The molecule has 0 atom stereocenters. The first-order valence-electron chi connectivity index (χ1n) is 8.86. The molecule has 8 heteroatoms. The van der Waals surface area contributed by atoms with E-state index in [9.17, 15) is 13.2 Å². The van der Waals surface area contributed by atoms with Gasteiger partial charge in [0.25, 0.3) is 15.9 Å². The van der Waals surface area contributed by atoms with Crippen molar-refractivity contribution in [3.8, 4) is 0 Å². The molecule has 1 saturated heterocycles. The molecule has 0 spiro atoms. The molecule has 1 N–H and O–H groups in total. The number of nitrogens with zero attached hydrogens (tertiary/aromatic N) is 2. The van der Waals surface area contributed by atoms with E-state index < -0.39 is 10.0 Å². The van der Waals surface area contributed by atoms with Gasteiger partial charge in [-0.2, -0.15) is 0 Å². The zero-order valence-corrected chi connectivity index (χ0v) is 17.2. The molecule has 1 fully saturated rings. The summed E-state index contributed by atoms with van der Waals surface area (Å²) in [7, 11) is -1.74. The number of benzene rings is 1. The van der Waals surface area contributed by atoms with Crippen LogP contribution in [0.3, 0.4) is 0 Å². The zero-order chi connectivity index (χ0) is 18.7. The summed E-state index contributed by atoms with van der Waals surface area (Å²) in [5.74, 6) is 0.487. The van der Waals surface area contributed by atoms with E-state index in [0.717, 1.165) is 28.9 Å². The summed E-state index contributed by atoms with van der Waals surface area (Å²) in [6.45, 7) is 4.29. The highest BCUT2D eigenvalue weighted by Gasteiger charge is 2.25. The van der Waals surface area contributed by atoms with Crippen LogP contribution in [0.25, 0.3) is 0 Å². The Hall–Kier alpha value is -1.83. The molecule has 6 nitrogen and oxygen atoms in total. The molecule has 2 aromatic rings. The van der Waals surface area contributed by atoms with Gasteiger partial charge in [-0.3, -0.25) is 4.79 Å². The number of nitrogens with one attached hydrogen (secondary N) is 1. The van der Waals surface area contributed by atoms with E-state index in [1.165, 1.54) is 12.4 Å². The Morgan fingerprint density at radius 2 is 1.78 bits per heavy atom. The first-order valence-corrected chi connectivity index (χ1v) is 10.3. The minimum atomic E-state index is -3.68. The fourth-order valence-electron chi connectivity index (χ4n) is 3.30. The molecule has 1 aliphatic heterocycles. The number of carbonyl (C=O) groups excluding carboxylic acids is 1. The lowest BCUT2D eigenvalue weighted by molar-refractivity contribution is 0.0691. The molecule has 3 rings (SSSR count). The first-order chi connectivity index (χ1) is 12.4. The SMILES string of the molecule is CNCC1CCN(C(=O)c2ccn(S(=O)(=O)c3ccc(C)cc3)c2)CC1.Cl. The van der Waals surface area contributed by atoms with Crippen LogP contribution in [-0.2, 0) is 10.0 Å². The Morgan fingerprint density at radius 1 is 1.15 bits per heavy atom. The molecule has 0 radical (unpaired) electrons. The van der Waals surface area contributed by atoms with Gasteiger partial charge in [0.2, 0.25) is 0 Å². The molecule has 27 heavy (non-hydrogen) atoms. The summed E-state index contributed by atoms with van der Waals surface area (Å²) in [4.78, 5) is 14.7. The van der Waals surface area contributed by atoms with E-state index >= 15 is 0 Å². The van der Waals surface area contributed by atoms with E-state index in [-0.39, 0.29) is 23.2 Å². The van der Waals surface area contributed by atoms with E-state index in [1.54, 1.807) is 30.3 Å². The van der Waals surface area contributed by atoms with Crippen molar-refractivity contribution < 1.29 is 13.2 Å². The fraction of sp³-hybridized carbons (Fsp3) is 0.421. The van der Waals surface area contributed by atoms with E-state index in [4.69, 9.17) is 0 Å². The van der Waals surface area contributed by atoms with E-state index in [0.29, 0.717) is 24.6 Å². The first kappa shape index (κ1) is 21.5. The van der Waals surface area contributed by atoms with Gasteiger partial charge < -0.3 is 10.2 Å². The number of piperidine rings is 1. The smallest absolute Gasteiger partial charge is 0.267 e. The molecular weight excluding hydrogens is 386 g/mol. The number of hydrogen-bond donors (Lipinski definition) is 1. The predicted octanol–water partition coefficient (Wildman–Crippen LogP) is 2.53. The Labute approximate surface area is 167 Å². The van der Waals surface area contributed by atoms with Crippen molar-refractivity contribution in [2.24, 2.45) is 5.92 Å². The second-order valence-electron chi connectivity index (χ2n) is 6.84. The van der Waals surface area contributed by atoms with Crippen LogP contribution in [0.2, 0.25) is 0 Å². The zero-order valence-electron chi connectivity index (χ0n) is 15.6. The Bertz CT molecular complexity index is 870. The topological polar surface area (TPSA) is 71.4 Å². The van der Waals surface area contributed by atoms with Crippen LogP contribution in [-0.4, -0.2) is 49.9 Å². The number of halogens is 1. The Kier molecular flexibility index (Phi) is 7.08. The van der Waals surface area contributed by atoms with Gasteiger partial charge in [-0.05, 0) is 57.5 Å². The van der Waals surface area contributed by atoms with Crippen molar-refractivity contribution in [1.82, 2.24) is 14.2 Å². The molecule has 1 aliphatic rings. The maximum absolute atomic E-state index is 12.7. The maximum Gasteiger partial charge on any atom is 0.267 e. The highest BCUT2D eigenvalue weighted by atomic mass is 35.5. The molecule has 2 heterocycles. The quantitative estimate of drug-likeness (QED) is 0.820.